The summed E-state index contributed by atoms with van der Waals surface area (Å²) in [5.41, 5.74) is 1.89. The summed E-state index contributed by atoms with van der Waals surface area (Å²) in [5, 5.41) is 6.61. The Hall–Kier alpha value is -5.12. The van der Waals surface area contributed by atoms with Gasteiger partial charge in [0.1, 0.15) is 11.1 Å². The fourth-order valence-corrected chi connectivity index (χ4v) is 6.96. The summed E-state index contributed by atoms with van der Waals surface area (Å²) in [6.45, 7) is 2.68. The van der Waals surface area contributed by atoms with Gasteiger partial charge in [-0.15, -0.1) is 0 Å². The van der Waals surface area contributed by atoms with Gasteiger partial charge in [-0.25, -0.2) is 0 Å². The second-order valence-electron chi connectivity index (χ2n) is 11.3. The van der Waals surface area contributed by atoms with Crippen LogP contribution in [0.15, 0.2) is 121 Å². The third kappa shape index (κ3) is 4.62. The van der Waals surface area contributed by atoms with Crippen LogP contribution in [0.2, 0.25) is 0 Å². The number of alkyl halides is 6. The quantitative estimate of drug-likeness (QED) is 0.160. The van der Waals surface area contributed by atoms with Gasteiger partial charge in [-0.2, -0.15) is 26.3 Å². The molecule has 0 saturated carbocycles. The van der Waals surface area contributed by atoms with Crippen LogP contribution in [-0.4, -0.2) is 23.9 Å². The van der Waals surface area contributed by atoms with Crippen LogP contribution in [0.25, 0.3) is 22.3 Å². The summed E-state index contributed by atoms with van der Waals surface area (Å²) < 4.78 is 80.9. The van der Waals surface area contributed by atoms with Crippen molar-refractivity contribution in [3.8, 4) is 22.3 Å². The van der Waals surface area contributed by atoms with E-state index >= 15 is 0 Å². The highest BCUT2D eigenvalue weighted by atomic mass is 19.4. The van der Waals surface area contributed by atoms with Crippen LogP contribution in [0.5, 0.6) is 0 Å². The van der Waals surface area contributed by atoms with Gasteiger partial charge in [0.25, 0.3) is 11.6 Å². The first kappa shape index (κ1) is 30.9. The number of benzene rings is 4. The van der Waals surface area contributed by atoms with Crippen molar-refractivity contribution < 1.29 is 35.9 Å². The Morgan fingerprint density at radius 2 is 0.739 bits per heavy atom. The number of hydrogen-bond donors (Lipinski definition) is 2. The molecular weight excluding hydrogens is 606 g/mol. The third-order valence-corrected chi connectivity index (χ3v) is 8.49. The highest BCUT2D eigenvalue weighted by Gasteiger charge is 2.63. The van der Waals surface area contributed by atoms with Crippen molar-refractivity contribution >= 4 is 11.6 Å². The van der Waals surface area contributed by atoms with E-state index in [4.69, 9.17) is 0 Å². The first-order valence-electron chi connectivity index (χ1n) is 14.3. The van der Waals surface area contributed by atoms with Crippen LogP contribution in [0, 0.1) is 0 Å². The molecule has 2 aliphatic carbocycles. The lowest BCUT2D eigenvalue weighted by Crippen LogP contribution is -2.64. The molecule has 0 bridgehead atoms. The molecule has 0 aliphatic heterocycles. The van der Waals surface area contributed by atoms with Crippen LogP contribution in [0.1, 0.15) is 36.1 Å². The van der Waals surface area contributed by atoms with E-state index in [1.165, 1.54) is 13.8 Å². The summed E-state index contributed by atoms with van der Waals surface area (Å²) in [4.78, 5) is 24.5. The molecule has 0 radical (unpaired) electrons. The number of fused-ring (bicyclic) bond motifs is 6. The zero-order chi connectivity index (χ0) is 33.1. The highest BCUT2D eigenvalue weighted by molar-refractivity contribution is 5.96. The van der Waals surface area contributed by atoms with Gasteiger partial charge in [0, 0.05) is 23.5 Å². The molecule has 2 aliphatic rings. The summed E-state index contributed by atoms with van der Waals surface area (Å²) in [7, 11) is 0. The van der Waals surface area contributed by atoms with Gasteiger partial charge in [0.05, 0.1) is 0 Å². The van der Waals surface area contributed by atoms with Crippen LogP contribution >= 0.6 is 0 Å². The molecular formula is C36H26F6N2O2. The van der Waals surface area contributed by atoms with Crippen molar-refractivity contribution in [3.63, 3.8) is 0 Å². The molecule has 0 unspecified atom stereocenters. The minimum atomic E-state index is -5.14. The summed E-state index contributed by atoms with van der Waals surface area (Å²) >= 11 is 0. The van der Waals surface area contributed by atoms with E-state index in [0.717, 1.165) is 22.3 Å². The topological polar surface area (TPSA) is 58.2 Å². The van der Waals surface area contributed by atoms with E-state index < -0.39 is 35.0 Å². The average molecular weight is 633 g/mol. The van der Waals surface area contributed by atoms with Crippen LogP contribution in [0.3, 0.4) is 0 Å². The monoisotopic (exact) mass is 632 g/mol. The Labute approximate surface area is 260 Å². The Balaban J connectivity index is 1.76. The number of allylic oxidation sites excluding steroid dienone is 4. The van der Waals surface area contributed by atoms with E-state index in [-0.39, 0.29) is 11.4 Å². The molecule has 0 amide bonds. The third-order valence-electron chi connectivity index (χ3n) is 8.49. The molecule has 4 aromatic carbocycles. The van der Waals surface area contributed by atoms with Gasteiger partial charge < -0.3 is 10.6 Å². The first-order chi connectivity index (χ1) is 21.7. The van der Waals surface area contributed by atoms with Crippen LogP contribution in [-0.2, 0) is 20.7 Å². The second kappa shape index (κ2) is 10.8. The van der Waals surface area contributed by atoms with Gasteiger partial charge in [0.2, 0.25) is 0 Å². The zero-order valence-corrected chi connectivity index (χ0v) is 24.5. The molecule has 0 heterocycles. The lowest BCUT2D eigenvalue weighted by Gasteiger charge is -2.51. The number of carbonyl (C=O) groups is 2. The van der Waals surface area contributed by atoms with Crippen molar-refractivity contribution in [2.75, 3.05) is 0 Å². The second-order valence-corrected chi connectivity index (χ2v) is 11.3. The number of ketones is 2. The van der Waals surface area contributed by atoms with Crippen molar-refractivity contribution in [3.05, 3.63) is 143 Å². The predicted molar refractivity (Wildman–Crippen MR) is 161 cm³/mol. The fourth-order valence-electron chi connectivity index (χ4n) is 6.96. The Morgan fingerprint density at radius 3 is 0.978 bits per heavy atom. The summed E-state index contributed by atoms with van der Waals surface area (Å²) in [6.07, 6.45) is -9.33. The lowest BCUT2D eigenvalue weighted by molar-refractivity contribution is -0.165. The van der Waals surface area contributed by atoms with E-state index in [9.17, 15) is 35.9 Å². The number of nitrogens with one attached hydrogen (secondary N) is 2. The van der Waals surface area contributed by atoms with Crippen LogP contribution < -0.4 is 10.6 Å². The van der Waals surface area contributed by atoms with Gasteiger partial charge in [-0.3, -0.25) is 9.59 Å². The standard InChI is InChI=1S/C36H26F6N2O2/c1-21(19-31(45)35(37,38)39)43-33(27-15-7-3-11-23(27)24-12-4-8-16-28(24)33)34(44-22(2)20-32(46)36(40,41)42)29-17-9-5-13-25(29)26-14-6-10-18-30(26)34/h3-20,43-44H,1-2H3. The maximum Gasteiger partial charge on any atom is 0.454 e. The molecule has 0 saturated heterocycles. The SMILES string of the molecule is CC(=CC(=O)C(F)(F)F)NC1(C2(NC(C)=CC(=O)C(F)(F)F)c3ccccc3-c3ccccc32)c2ccccc2-c2ccccc21. The molecule has 0 aromatic heterocycles. The van der Waals surface area contributed by atoms with Gasteiger partial charge in [-0.05, 0) is 58.4 Å². The predicted octanol–water partition coefficient (Wildman–Crippen LogP) is 8.08. The molecule has 4 nitrogen and oxygen atoms in total. The normalized spacial score (nSPS) is 16.2. The number of rotatable bonds is 7. The first-order valence-corrected chi connectivity index (χ1v) is 14.3. The molecule has 0 spiro atoms. The average Bonchev–Trinajstić information content (AvgIpc) is 3.45. The molecule has 234 valence electrons. The van der Waals surface area contributed by atoms with Crippen LogP contribution in [0.4, 0.5) is 26.3 Å². The molecule has 10 heteroatoms. The molecule has 0 atom stereocenters. The fraction of sp³-hybridized carbons (Fsp3) is 0.167. The van der Waals surface area contributed by atoms with Crippen molar-refractivity contribution in [2.24, 2.45) is 0 Å². The molecule has 0 fully saturated rings. The molecule has 2 N–H and O–H groups in total. The number of halogens is 6. The summed E-state index contributed by atoms with van der Waals surface area (Å²) in [6, 6.07) is 28.9. The Morgan fingerprint density at radius 1 is 0.500 bits per heavy atom. The maximum absolute atomic E-state index is 13.5. The minimum Gasteiger partial charge on any atom is -0.373 e. The molecule has 6 rings (SSSR count). The largest absolute Gasteiger partial charge is 0.454 e. The van der Waals surface area contributed by atoms with E-state index in [0.29, 0.717) is 34.4 Å². The Bertz CT molecular complexity index is 1720. The maximum atomic E-state index is 13.5. The molecule has 4 aromatic rings. The van der Waals surface area contributed by atoms with Gasteiger partial charge >= 0.3 is 12.4 Å². The van der Waals surface area contributed by atoms with E-state index in [1.54, 1.807) is 48.5 Å². The van der Waals surface area contributed by atoms with Crippen molar-refractivity contribution in [1.29, 1.82) is 0 Å². The summed E-state index contributed by atoms with van der Waals surface area (Å²) in [5.74, 6) is -4.15. The highest BCUT2D eigenvalue weighted by Crippen LogP contribution is 2.63. The molecule has 46 heavy (non-hydrogen) atoms. The Kier molecular flexibility index (Phi) is 7.22. The van der Waals surface area contributed by atoms with Gasteiger partial charge in [0.15, 0.2) is 0 Å². The zero-order valence-electron chi connectivity index (χ0n) is 24.5. The van der Waals surface area contributed by atoms with Crippen molar-refractivity contribution in [2.45, 2.75) is 37.3 Å². The van der Waals surface area contributed by atoms with Gasteiger partial charge in [-0.1, -0.05) is 97.1 Å². The van der Waals surface area contributed by atoms with E-state index in [1.807, 2.05) is 48.5 Å². The van der Waals surface area contributed by atoms with Crippen molar-refractivity contribution in [1.82, 2.24) is 10.6 Å². The van der Waals surface area contributed by atoms with E-state index in [2.05, 4.69) is 10.6 Å². The smallest absolute Gasteiger partial charge is 0.373 e. The number of carbonyl (C=O) groups excluding carboxylic acids is 2. The lowest BCUT2D eigenvalue weighted by atomic mass is 9.64. The minimum absolute atomic E-state index is 0.134. The number of hydrogen-bond acceptors (Lipinski definition) is 4.